The van der Waals surface area contributed by atoms with Crippen LogP contribution in [0.1, 0.15) is 18.5 Å². The van der Waals surface area contributed by atoms with Crippen LogP contribution in [0.25, 0.3) is 0 Å². The van der Waals surface area contributed by atoms with Crippen LogP contribution < -0.4 is 10.2 Å². The van der Waals surface area contributed by atoms with E-state index in [9.17, 15) is 8.78 Å². The van der Waals surface area contributed by atoms with Crippen molar-refractivity contribution in [3.63, 3.8) is 0 Å². The van der Waals surface area contributed by atoms with E-state index in [-0.39, 0.29) is 12.6 Å². The minimum absolute atomic E-state index is 0.237. The minimum atomic E-state index is -2.33. The molecule has 1 aromatic rings. The standard InChI is InChI=1S/C12H17BrF2N2/c1-8(16-2)9-4-5-11(10(13)6-9)17(3)7-12(14)15/h4-6,8,12,16H,7H2,1-3H3. The van der Waals surface area contributed by atoms with E-state index in [0.29, 0.717) is 0 Å². The number of anilines is 1. The average molecular weight is 307 g/mol. The summed E-state index contributed by atoms with van der Waals surface area (Å²) >= 11 is 3.42. The van der Waals surface area contributed by atoms with Gasteiger partial charge in [-0.25, -0.2) is 8.78 Å². The lowest BCUT2D eigenvalue weighted by atomic mass is 10.1. The van der Waals surface area contributed by atoms with E-state index in [1.807, 2.05) is 32.2 Å². The predicted octanol–water partition coefficient (Wildman–Crippen LogP) is 3.43. The first-order valence-corrected chi connectivity index (χ1v) is 6.21. The first kappa shape index (κ1) is 14.4. The Hall–Kier alpha value is -0.680. The van der Waals surface area contributed by atoms with Crippen LogP contribution in [-0.4, -0.2) is 27.1 Å². The molecule has 0 radical (unpaired) electrons. The van der Waals surface area contributed by atoms with Crippen molar-refractivity contribution in [3.8, 4) is 0 Å². The summed E-state index contributed by atoms with van der Waals surface area (Å²) in [5.74, 6) is 0. The average Bonchev–Trinajstić information content (AvgIpc) is 2.26. The summed E-state index contributed by atoms with van der Waals surface area (Å²) in [5, 5.41) is 3.13. The van der Waals surface area contributed by atoms with E-state index < -0.39 is 6.43 Å². The highest BCUT2D eigenvalue weighted by molar-refractivity contribution is 9.10. The Balaban J connectivity index is 2.89. The van der Waals surface area contributed by atoms with Crippen molar-refractivity contribution in [2.45, 2.75) is 19.4 Å². The quantitative estimate of drug-likeness (QED) is 0.896. The molecule has 0 amide bonds. The molecule has 0 aromatic heterocycles. The van der Waals surface area contributed by atoms with Crippen LogP contribution in [0.4, 0.5) is 14.5 Å². The van der Waals surface area contributed by atoms with Gasteiger partial charge in [0.25, 0.3) is 6.43 Å². The van der Waals surface area contributed by atoms with Crippen molar-refractivity contribution >= 4 is 21.6 Å². The summed E-state index contributed by atoms with van der Waals surface area (Å²) in [6.45, 7) is 1.78. The number of hydrogen-bond donors (Lipinski definition) is 1. The second kappa shape index (κ2) is 6.31. The molecule has 1 N–H and O–H groups in total. The largest absolute Gasteiger partial charge is 0.368 e. The molecule has 0 bridgehead atoms. The van der Waals surface area contributed by atoms with Gasteiger partial charge < -0.3 is 10.2 Å². The molecule has 1 aromatic carbocycles. The first-order valence-electron chi connectivity index (χ1n) is 5.41. The van der Waals surface area contributed by atoms with Gasteiger partial charge >= 0.3 is 0 Å². The van der Waals surface area contributed by atoms with Gasteiger partial charge in [0.2, 0.25) is 0 Å². The molecule has 1 rings (SSSR count). The third kappa shape index (κ3) is 3.92. The maximum atomic E-state index is 12.3. The SMILES string of the molecule is CNC(C)c1ccc(N(C)CC(F)F)c(Br)c1. The molecule has 0 spiro atoms. The lowest BCUT2D eigenvalue weighted by Gasteiger charge is -2.21. The number of rotatable bonds is 5. The second-order valence-electron chi connectivity index (χ2n) is 3.99. The van der Waals surface area contributed by atoms with Gasteiger partial charge in [0.1, 0.15) is 0 Å². The molecule has 0 aliphatic rings. The van der Waals surface area contributed by atoms with E-state index in [1.54, 1.807) is 11.9 Å². The molecule has 96 valence electrons. The van der Waals surface area contributed by atoms with E-state index in [0.717, 1.165) is 15.7 Å². The fraction of sp³-hybridized carbons (Fsp3) is 0.500. The molecule has 0 aliphatic heterocycles. The smallest absolute Gasteiger partial charge is 0.255 e. The minimum Gasteiger partial charge on any atom is -0.368 e. The molecule has 1 unspecified atom stereocenters. The van der Waals surface area contributed by atoms with Crippen LogP contribution in [0.15, 0.2) is 22.7 Å². The zero-order valence-electron chi connectivity index (χ0n) is 10.2. The lowest BCUT2D eigenvalue weighted by Crippen LogP contribution is -2.24. The van der Waals surface area contributed by atoms with Crippen molar-refractivity contribution in [2.24, 2.45) is 0 Å². The molecule has 0 saturated carbocycles. The van der Waals surface area contributed by atoms with Gasteiger partial charge in [0, 0.05) is 17.6 Å². The maximum Gasteiger partial charge on any atom is 0.255 e. The van der Waals surface area contributed by atoms with E-state index >= 15 is 0 Å². The normalized spacial score (nSPS) is 12.9. The molecule has 5 heteroatoms. The number of hydrogen-bond acceptors (Lipinski definition) is 2. The summed E-state index contributed by atoms with van der Waals surface area (Å²) in [4.78, 5) is 1.54. The summed E-state index contributed by atoms with van der Waals surface area (Å²) in [6, 6.07) is 6.00. The van der Waals surface area contributed by atoms with Crippen LogP contribution in [0.3, 0.4) is 0 Å². The Morgan fingerprint density at radius 2 is 2.06 bits per heavy atom. The van der Waals surface area contributed by atoms with Gasteiger partial charge in [-0.15, -0.1) is 0 Å². The Kier molecular flexibility index (Phi) is 5.33. The van der Waals surface area contributed by atoms with Crippen LogP contribution >= 0.6 is 15.9 Å². The number of benzene rings is 1. The highest BCUT2D eigenvalue weighted by Gasteiger charge is 2.12. The number of nitrogens with zero attached hydrogens (tertiary/aromatic N) is 1. The Morgan fingerprint density at radius 1 is 1.41 bits per heavy atom. The molecule has 2 nitrogen and oxygen atoms in total. The molecule has 1 atom stereocenters. The molecule has 17 heavy (non-hydrogen) atoms. The number of halogens is 3. The van der Waals surface area contributed by atoms with Gasteiger partial charge in [-0.1, -0.05) is 6.07 Å². The van der Waals surface area contributed by atoms with Crippen LogP contribution in [0.5, 0.6) is 0 Å². The monoisotopic (exact) mass is 306 g/mol. The summed E-state index contributed by atoms with van der Waals surface area (Å²) < 4.78 is 25.4. The summed E-state index contributed by atoms with van der Waals surface area (Å²) in [6.07, 6.45) is -2.33. The highest BCUT2D eigenvalue weighted by atomic mass is 79.9. The first-order chi connectivity index (χ1) is 7.95. The van der Waals surface area contributed by atoms with Crippen molar-refractivity contribution in [3.05, 3.63) is 28.2 Å². The molecular weight excluding hydrogens is 290 g/mol. The van der Waals surface area contributed by atoms with Gasteiger partial charge in [-0.3, -0.25) is 0 Å². The van der Waals surface area contributed by atoms with Gasteiger partial charge in [0.15, 0.2) is 0 Å². The van der Waals surface area contributed by atoms with Crippen molar-refractivity contribution < 1.29 is 8.78 Å². The van der Waals surface area contributed by atoms with E-state index in [1.165, 1.54) is 0 Å². The molecular formula is C12H17BrF2N2. The Labute approximate surface area is 109 Å². The van der Waals surface area contributed by atoms with Gasteiger partial charge in [0.05, 0.1) is 12.2 Å². The van der Waals surface area contributed by atoms with Crippen molar-refractivity contribution in [1.29, 1.82) is 0 Å². The Morgan fingerprint density at radius 3 is 2.53 bits per heavy atom. The summed E-state index contributed by atoms with van der Waals surface area (Å²) in [7, 11) is 3.54. The third-order valence-electron chi connectivity index (χ3n) is 2.73. The zero-order valence-corrected chi connectivity index (χ0v) is 11.8. The molecule has 0 aliphatic carbocycles. The van der Waals surface area contributed by atoms with Crippen molar-refractivity contribution in [1.82, 2.24) is 5.32 Å². The fourth-order valence-corrected chi connectivity index (χ4v) is 2.27. The molecule has 0 saturated heterocycles. The Bertz CT molecular complexity index is 372. The van der Waals surface area contributed by atoms with Crippen LogP contribution in [-0.2, 0) is 0 Å². The van der Waals surface area contributed by atoms with Gasteiger partial charge in [-0.05, 0) is 47.6 Å². The maximum absolute atomic E-state index is 12.3. The van der Waals surface area contributed by atoms with E-state index in [4.69, 9.17) is 0 Å². The molecule has 0 heterocycles. The molecule has 0 fully saturated rings. The fourth-order valence-electron chi connectivity index (χ4n) is 1.57. The number of nitrogens with one attached hydrogen (secondary N) is 1. The van der Waals surface area contributed by atoms with Crippen molar-refractivity contribution in [2.75, 3.05) is 25.5 Å². The van der Waals surface area contributed by atoms with Gasteiger partial charge in [-0.2, -0.15) is 0 Å². The zero-order chi connectivity index (χ0) is 13.0. The van der Waals surface area contributed by atoms with Crippen LogP contribution in [0.2, 0.25) is 0 Å². The highest BCUT2D eigenvalue weighted by Crippen LogP contribution is 2.29. The third-order valence-corrected chi connectivity index (χ3v) is 3.36. The predicted molar refractivity (Wildman–Crippen MR) is 70.9 cm³/mol. The lowest BCUT2D eigenvalue weighted by molar-refractivity contribution is 0.156. The summed E-state index contributed by atoms with van der Waals surface area (Å²) in [5.41, 5.74) is 1.89. The number of alkyl halides is 2. The van der Waals surface area contributed by atoms with E-state index in [2.05, 4.69) is 21.2 Å². The second-order valence-corrected chi connectivity index (χ2v) is 4.85. The topological polar surface area (TPSA) is 15.3 Å². The van der Waals surface area contributed by atoms with Crippen LogP contribution in [0, 0.1) is 0 Å².